The van der Waals surface area contributed by atoms with Crippen molar-refractivity contribution in [2.75, 3.05) is 0 Å². The van der Waals surface area contributed by atoms with Gasteiger partial charge in [-0.25, -0.2) is 8.42 Å². The summed E-state index contributed by atoms with van der Waals surface area (Å²) in [6.45, 7) is 7.60. The van der Waals surface area contributed by atoms with Crippen LogP contribution in [0, 0.1) is 12.8 Å². The highest BCUT2D eigenvalue weighted by Gasteiger charge is 2.22. The molecule has 0 heterocycles. The van der Waals surface area contributed by atoms with Gasteiger partial charge in [-0.3, -0.25) is 4.79 Å². The molecular formula is C14H19BrClNO3S. The van der Waals surface area contributed by atoms with Crippen LogP contribution in [0.15, 0.2) is 21.5 Å². The highest BCUT2D eigenvalue weighted by atomic mass is 79.9. The van der Waals surface area contributed by atoms with Gasteiger partial charge in [0.25, 0.3) is 15.0 Å². The lowest BCUT2D eigenvalue weighted by molar-refractivity contribution is 0.0927. The molecule has 0 spiro atoms. The van der Waals surface area contributed by atoms with Crippen molar-refractivity contribution in [2.45, 2.75) is 45.1 Å². The first-order chi connectivity index (χ1) is 9.57. The van der Waals surface area contributed by atoms with E-state index in [4.69, 9.17) is 10.7 Å². The van der Waals surface area contributed by atoms with Gasteiger partial charge < -0.3 is 5.32 Å². The number of hydrogen-bond donors (Lipinski definition) is 1. The zero-order valence-corrected chi connectivity index (χ0v) is 15.6. The molecule has 0 aliphatic carbocycles. The van der Waals surface area contributed by atoms with Crippen LogP contribution in [0.1, 0.15) is 43.1 Å². The van der Waals surface area contributed by atoms with Gasteiger partial charge in [0.05, 0.1) is 4.90 Å². The third-order valence-electron chi connectivity index (χ3n) is 3.69. The molecule has 1 N–H and O–H groups in total. The Morgan fingerprint density at radius 1 is 1.38 bits per heavy atom. The van der Waals surface area contributed by atoms with Crippen molar-refractivity contribution in [3.8, 4) is 0 Å². The molecule has 0 aromatic heterocycles. The van der Waals surface area contributed by atoms with Crippen LogP contribution in [0.5, 0.6) is 0 Å². The van der Waals surface area contributed by atoms with Crippen LogP contribution in [0.2, 0.25) is 0 Å². The van der Waals surface area contributed by atoms with E-state index >= 15 is 0 Å². The number of amides is 1. The van der Waals surface area contributed by atoms with Crippen molar-refractivity contribution < 1.29 is 13.2 Å². The minimum absolute atomic E-state index is 0.00283. The highest BCUT2D eigenvalue weighted by molar-refractivity contribution is 9.10. The molecule has 118 valence electrons. The molecule has 7 heteroatoms. The van der Waals surface area contributed by atoms with E-state index in [0.717, 1.165) is 6.42 Å². The molecular weight excluding hydrogens is 378 g/mol. The van der Waals surface area contributed by atoms with E-state index in [2.05, 4.69) is 28.2 Å². The Labute approximate surface area is 138 Å². The van der Waals surface area contributed by atoms with Crippen molar-refractivity contribution in [3.05, 3.63) is 27.7 Å². The summed E-state index contributed by atoms with van der Waals surface area (Å²) in [6.07, 6.45) is 0.945. The van der Waals surface area contributed by atoms with E-state index in [1.165, 1.54) is 6.07 Å². The topological polar surface area (TPSA) is 63.2 Å². The van der Waals surface area contributed by atoms with E-state index in [1.807, 2.05) is 13.8 Å². The monoisotopic (exact) mass is 395 g/mol. The van der Waals surface area contributed by atoms with E-state index in [-0.39, 0.29) is 16.8 Å². The van der Waals surface area contributed by atoms with Gasteiger partial charge in [0.2, 0.25) is 0 Å². The molecule has 0 aliphatic heterocycles. The summed E-state index contributed by atoms with van der Waals surface area (Å²) >= 11 is 3.21. The van der Waals surface area contributed by atoms with Gasteiger partial charge in [0.1, 0.15) is 0 Å². The molecule has 0 radical (unpaired) electrons. The Balaban J connectivity index is 3.20. The number of carbonyl (C=O) groups is 1. The molecule has 2 atom stereocenters. The van der Waals surface area contributed by atoms with Gasteiger partial charge in [-0.2, -0.15) is 0 Å². The second kappa shape index (κ2) is 7.11. The lowest BCUT2D eigenvalue weighted by Crippen LogP contribution is -2.37. The molecule has 4 nitrogen and oxygen atoms in total. The number of nitrogens with one attached hydrogen (secondary N) is 1. The molecule has 0 saturated heterocycles. The fraction of sp³-hybridized carbons (Fsp3) is 0.500. The fourth-order valence-corrected chi connectivity index (χ4v) is 3.76. The number of benzene rings is 1. The second-order valence-electron chi connectivity index (χ2n) is 5.16. The van der Waals surface area contributed by atoms with E-state index in [1.54, 1.807) is 13.0 Å². The molecule has 1 rings (SSSR count). The van der Waals surface area contributed by atoms with Crippen LogP contribution in [-0.4, -0.2) is 20.4 Å². The average Bonchev–Trinajstić information content (AvgIpc) is 2.38. The number of halogens is 2. The van der Waals surface area contributed by atoms with Crippen molar-refractivity contribution >= 4 is 41.6 Å². The second-order valence-corrected chi connectivity index (χ2v) is 8.61. The van der Waals surface area contributed by atoms with Gasteiger partial charge in [-0.05, 0) is 37.5 Å². The van der Waals surface area contributed by atoms with E-state index < -0.39 is 9.05 Å². The molecule has 21 heavy (non-hydrogen) atoms. The summed E-state index contributed by atoms with van der Waals surface area (Å²) in [7, 11) is 1.51. The van der Waals surface area contributed by atoms with Gasteiger partial charge in [-0.15, -0.1) is 0 Å². The predicted molar refractivity (Wildman–Crippen MR) is 88.3 cm³/mol. The van der Waals surface area contributed by atoms with E-state index in [9.17, 15) is 13.2 Å². The van der Waals surface area contributed by atoms with Crippen LogP contribution in [-0.2, 0) is 9.05 Å². The lowest BCUT2D eigenvalue weighted by atomic mass is 10.00. The Hall–Kier alpha value is -0.590. The van der Waals surface area contributed by atoms with Crippen LogP contribution in [0.4, 0.5) is 0 Å². The number of rotatable bonds is 5. The first kappa shape index (κ1) is 18.5. The third-order valence-corrected chi connectivity index (χ3v) is 5.59. The first-order valence-corrected chi connectivity index (χ1v) is 9.73. The summed E-state index contributed by atoms with van der Waals surface area (Å²) in [5.74, 6) is 0.0285. The number of carbonyl (C=O) groups excluding carboxylic acids is 1. The normalized spacial score (nSPS) is 14.6. The molecule has 2 unspecified atom stereocenters. The summed E-state index contributed by atoms with van der Waals surface area (Å²) < 4.78 is 23.6. The van der Waals surface area contributed by atoms with Crippen LogP contribution < -0.4 is 5.32 Å². The summed E-state index contributed by atoms with van der Waals surface area (Å²) in [5.41, 5.74) is 0.654. The minimum atomic E-state index is -3.90. The molecule has 1 aromatic carbocycles. The maximum absolute atomic E-state index is 12.4. The third kappa shape index (κ3) is 4.69. The fourth-order valence-electron chi connectivity index (χ4n) is 1.92. The quantitative estimate of drug-likeness (QED) is 0.769. The van der Waals surface area contributed by atoms with Crippen molar-refractivity contribution in [2.24, 2.45) is 5.92 Å². The largest absolute Gasteiger partial charge is 0.349 e. The summed E-state index contributed by atoms with van der Waals surface area (Å²) in [4.78, 5) is 12.3. The molecule has 0 saturated carbocycles. The van der Waals surface area contributed by atoms with Gasteiger partial charge in [0.15, 0.2) is 0 Å². The molecule has 0 bridgehead atoms. The Morgan fingerprint density at radius 3 is 2.43 bits per heavy atom. The molecule has 0 fully saturated rings. The minimum Gasteiger partial charge on any atom is -0.349 e. The summed E-state index contributed by atoms with van der Waals surface area (Å²) in [6, 6.07) is 2.99. The zero-order chi connectivity index (χ0) is 16.4. The SMILES string of the molecule is CCC(C)C(C)NC(=O)c1cc(Br)cc(S(=O)(=O)Cl)c1C. The molecule has 1 amide bonds. The Morgan fingerprint density at radius 2 is 1.95 bits per heavy atom. The standard InChI is InChI=1S/C14H19BrClNO3S/c1-5-8(2)10(4)17-14(18)12-6-11(15)7-13(9(12)3)21(16,19)20/h6-8,10H,5H2,1-4H3,(H,17,18). The molecule has 0 aliphatic rings. The van der Waals surface area contributed by atoms with E-state index in [0.29, 0.717) is 21.5 Å². The van der Waals surface area contributed by atoms with Crippen molar-refractivity contribution in [1.29, 1.82) is 0 Å². The maximum Gasteiger partial charge on any atom is 0.261 e. The summed E-state index contributed by atoms with van der Waals surface area (Å²) in [5, 5.41) is 2.90. The van der Waals surface area contributed by atoms with Gasteiger partial charge in [0, 0.05) is 26.8 Å². The van der Waals surface area contributed by atoms with Crippen molar-refractivity contribution in [3.63, 3.8) is 0 Å². The number of hydrogen-bond acceptors (Lipinski definition) is 3. The highest BCUT2D eigenvalue weighted by Crippen LogP contribution is 2.27. The maximum atomic E-state index is 12.4. The van der Waals surface area contributed by atoms with Crippen LogP contribution >= 0.6 is 26.6 Å². The molecule has 1 aromatic rings. The van der Waals surface area contributed by atoms with Gasteiger partial charge >= 0.3 is 0 Å². The Kier molecular flexibility index (Phi) is 6.25. The zero-order valence-electron chi connectivity index (χ0n) is 12.4. The van der Waals surface area contributed by atoms with Crippen LogP contribution in [0.3, 0.4) is 0 Å². The smallest absolute Gasteiger partial charge is 0.261 e. The first-order valence-electron chi connectivity index (χ1n) is 6.63. The van der Waals surface area contributed by atoms with Crippen LogP contribution in [0.25, 0.3) is 0 Å². The average molecular weight is 397 g/mol. The Bertz CT molecular complexity index is 646. The predicted octanol–water partition coefficient (Wildman–Crippen LogP) is 3.85. The lowest BCUT2D eigenvalue weighted by Gasteiger charge is -2.21. The van der Waals surface area contributed by atoms with Crippen molar-refractivity contribution in [1.82, 2.24) is 5.32 Å². The van der Waals surface area contributed by atoms with Gasteiger partial charge in [-0.1, -0.05) is 36.2 Å².